The van der Waals surface area contributed by atoms with Crippen LogP contribution in [-0.2, 0) is 11.2 Å². The van der Waals surface area contributed by atoms with Gasteiger partial charge in [0, 0.05) is 13.6 Å². The number of para-hydroxylation sites is 1. The molecule has 2 atom stereocenters. The molecule has 0 unspecified atom stereocenters. The normalized spacial score (nSPS) is 23.3. The second-order valence-corrected chi connectivity index (χ2v) is 7.79. The number of aromatic nitrogens is 1. The fourth-order valence-electron chi connectivity index (χ4n) is 4.50. The average Bonchev–Trinajstić information content (AvgIpc) is 3.29. The minimum Gasteiger partial charge on any atom is -0.483 e. The summed E-state index contributed by atoms with van der Waals surface area (Å²) in [7, 11) is 1.82. The molecule has 2 amide bonds. The molecule has 0 N–H and O–H groups in total. The molecule has 1 aromatic heterocycles. The lowest BCUT2D eigenvalue weighted by Gasteiger charge is -2.45. The van der Waals surface area contributed by atoms with Gasteiger partial charge < -0.3 is 19.0 Å². The summed E-state index contributed by atoms with van der Waals surface area (Å²) in [6.07, 6.45) is 8.19. The van der Waals surface area contributed by atoms with Crippen LogP contribution in [0.2, 0.25) is 0 Å². The molecular weight excluding hydrogens is 370 g/mol. The van der Waals surface area contributed by atoms with Crippen molar-refractivity contribution in [2.75, 3.05) is 20.2 Å². The van der Waals surface area contributed by atoms with Crippen molar-refractivity contribution < 1.29 is 18.7 Å². The molecule has 29 heavy (non-hydrogen) atoms. The second kappa shape index (κ2) is 8.68. The summed E-state index contributed by atoms with van der Waals surface area (Å²) in [6.45, 7) is 0.675. The van der Waals surface area contributed by atoms with Crippen LogP contribution in [0, 0.1) is 0 Å². The zero-order chi connectivity index (χ0) is 20.2. The van der Waals surface area contributed by atoms with Crippen molar-refractivity contribution in [2.24, 2.45) is 0 Å². The molecule has 2 aliphatic heterocycles. The third-order valence-corrected chi connectivity index (χ3v) is 6.06. The van der Waals surface area contributed by atoms with Gasteiger partial charge in [-0.2, -0.15) is 0 Å². The molecule has 7 nitrogen and oxygen atoms in total. The van der Waals surface area contributed by atoms with Gasteiger partial charge in [-0.3, -0.25) is 9.59 Å². The number of likely N-dealkylation sites (N-methyl/N-ethyl adjacent to an activating group) is 1. The molecule has 0 saturated carbocycles. The van der Waals surface area contributed by atoms with Gasteiger partial charge in [0.1, 0.15) is 5.75 Å². The van der Waals surface area contributed by atoms with Crippen LogP contribution in [0.5, 0.6) is 5.75 Å². The van der Waals surface area contributed by atoms with Crippen LogP contribution in [0.3, 0.4) is 0 Å². The summed E-state index contributed by atoms with van der Waals surface area (Å²) in [5.74, 6) is 0.830. The Balaban J connectivity index is 1.58. The largest absolute Gasteiger partial charge is 0.483 e. The summed E-state index contributed by atoms with van der Waals surface area (Å²) >= 11 is 0. The molecule has 0 bridgehead atoms. The number of piperidine rings is 1. The fourth-order valence-corrected chi connectivity index (χ4v) is 4.50. The van der Waals surface area contributed by atoms with Gasteiger partial charge in [0.25, 0.3) is 11.8 Å². The van der Waals surface area contributed by atoms with E-state index in [9.17, 15) is 9.59 Å². The first-order valence-corrected chi connectivity index (χ1v) is 10.3. The van der Waals surface area contributed by atoms with E-state index in [1.165, 1.54) is 12.6 Å². The molecule has 0 spiro atoms. The van der Waals surface area contributed by atoms with E-state index in [1.54, 1.807) is 4.90 Å². The van der Waals surface area contributed by atoms with E-state index in [0.29, 0.717) is 6.54 Å². The Labute approximate surface area is 170 Å². The smallest absolute Gasteiger partial charge is 0.291 e. The first kappa shape index (κ1) is 19.5. The van der Waals surface area contributed by atoms with Gasteiger partial charge in [0.15, 0.2) is 13.0 Å². The van der Waals surface area contributed by atoms with Crippen molar-refractivity contribution in [3.05, 3.63) is 48.2 Å². The van der Waals surface area contributed by atoms with E-state index < -0.39 is 0 Å². The van der Waals surface area contributed by atoms with E-state index in [0.717, 1.165) is 49.8 Å². The van der Waals surface area contributed by atoms with Crippen molar-refractivity contribution in [1.82, 2.24) is 14.8 Å². The number of rotatable bonds is 1. The quantitative estimate of drug-likeness (QED) is 0.740. The summed E-state index contributed by atoms with van der Waals surface area (Å²) in [5.41, 5.74) is 1.12. The molecule has 0 radical (unpaired) electrons. The van der Waals surface area contributed by atoms with Crippen LogP contribution in [-0.4, -0.2) is 58.9 Å². The maximum Gasteiger partial charge on any atom is 0.291 e. The molecule has 2 aliphatic rings. The molecule has 4 rings (SSSR count). The number of benzene rings is 1. The predicted molar refractivity (Wildman–Crippen MR) is 107 cm³/mol. The van der Waals surface area contributed by atoms with E-state index in [4.69, 9.17) is 9.15 Å². The van der Waals surface area contributed by atoms with E-state index in [2.05, 4.69) is 11.1 Å². The first-order valence-electron chi connectivity index (χ1n) is 10.3. The number of carbonyl (C=O) groups is 2. The van der Waals surface area contributed by atoms with E-state index in [-0.39, 0.29) is 36.3 Å². The van der Waals surface area contributed by atoms with Crippen LogP contribution >= 0.6 is 0 Å². The number of amides is 2. The van der Waals surface area contributed by atoms with Crippen molar-refractivity contribution in [2.45, 2.75) is 50.6 Å². The molecular formula is C22H27N3O4. The van der Waals surface area contributed by atoms with Crippen molar-refractivity contribution in [3.8, 4) is 5.75 Å². The Bertz CT molecular complexity index is 852. The highest BCUT2D eigenvalue weighted by molar-refractivity contribution is 5.91. The molecule has 3 heterocycles. The van der Waals surface area contributed by atoms with Gasteiger partial charge in [-0.25, -0.2) is 4.98 Å². The van der Waals surface area contributed by atoms with Crippen LogP contribution < -0.4 is 4.74 Å². The Hall–Kier alpha value is -2.83. The lowest BCUT2D eigenvalue weighted by Crippen LogP contribution is -2.58. The SMILES string of the molecule is CN1C(=O)COc2ccccc2CCCC[C@@H]2[C@H]1CCCN2C(=O)c1cnco1. The van der Waals surface area contributed by atoms with Gasteiger partial charge in [-0.05, 0) is 43.7 Å². The van der Waals surface area contributed by atoms with E-state index in [1.807, 2.05) is 30.1 Å². The highest BCUT2D eigenvalue weighted by Crippen LogP contribution is 2.29. The van der Waals surface area contributed by atoms with Gasteiger partial charge in [0.2, 0.25) is 5.76 Å². The monoisotopic (exact) mass is 397 g/mol. The van der Waals surface area contributed by atoms with Crippen LogP contribution in [0.4, 0.5) is 0 Å². The molecule has 1 saturated heterocycles. The first-order chi connectivity index (χ1) is 14.1. The summed E-state index contributed by atoms with van der Waals surface area (Å²) in [6, 6.07) is 7.85. The van der Waals surface area contributed by atoms with Crippen molar-refractivity contribution in [3.63, 3.8) is 0 Å². The lowest BCUT2D eigenvalue weighted by atomic mass is 9.89. The predicted octanol–water partition coefficient (Wildman–Crippen LogP) is 2.91. The number of likely N-dealkylation sites (tertiary alicyclic amines) is 1. The number of oxazole rings is 1. The maximum atomic E-state index is 13.0. The Morgan fingerprint density at radius 3 is 2.79 bits per heavy atom. The van der Waals surface area contributed by atoms with Gasteiger partial charge in [0.05, 0.1) is 18.3 Å². The van der Waals surface area contributed by atoms with Crippen LogP contribution in [0.1, 0.15) is 48.2 Å². The highest BCUT2D eigenvalue weighted by atomic mass is 16.5. The summed E-state index contributed by atoms with van der Waals surface area (Å²) < 4.78 is 11.1. The number of hydrogen-bond donors (Lipinski definition) is 0. The minimum absolute atomic E-state index is 0.00673. The zero-order valence-corrected chi connectivity index (χ0v) is 16.8. The molecule has 154 valence electrons. The molecule has 1 fully saturated rings. The Kier molecular flexibility index (Phi) is 5.83. The number of carbonyl (C=O) groups excluding carboxylic acids is 2. The molecule has 0 aliphatic carbocycles. The zero-order valence-electron chi connectivity index (χ0n) is 16.8. The van der Waals surface area contributed by atoms with Gasteiger partial charge >= 0.3 is 0 Å². The average molecular weight is 397 g/mol. The number of hydrogen-bond acceptors (Lipinski definition) is 5. The van der Waals surface area contributed by atoms with Gasteiger partial charge in [-0.1, -0.05) is 24.6 Å². The second-order valence-electron chi connectivity index (χ2n) is 7.79. The number of ether oxygens (including phenoxy) is 1. The third kappa shape index (κ3) is 4.13. The molecule has 2 aromatic rings. The summed E-state index contributed by atoms with van der Waals surface area (Å²) in [4.78, 5) is 33.4. The fraction of sp³-hybridized carbons (Fsp3) is 0.500. The molecule has 7 heteroatoms. The Morgan fingerprint density at radius 1 is 1.14 bits per heavy atom. The summed E-state index contributed by atoms with van der Waals surface area (Å²) in [5, 5.41) is 0. The minimum atomic E-state index is -0.147. The van der Waals surface area contributed by atoms with Crippen molar-refractivity contribution in [1.29, 1.82) is 0 Å². The Morgan fingerprint density at radius 2 is 1.97 bits per heavy atom. The van der Waals surface area contributed by atoms with Crippen LogP contribution in [0.15, 0.2) is 41.3 Å². The number of fused-ring (bicyclic) bond motifs is 2. The topological polar surface area (TPSA) is 75.9 Å². The van der Waals surface area contributed by atoms with E-state index >= 15 is 0 Å². The number of aryl methyl sites for hydroxylation is 1. The standard InChI is InChI=1S/C22H27N3O4/c1-24-17-10-6-12-25(22(27)20-13-23-15-29-20)18(17)9-4-2-7-16-8-3-5-11-19(16)28-14-21(24)26/h3,5,8,11,13,15,17-18H,2,4,6-7,9-10,12,14H2,1H3/t17-,18-/m1/s1. The van der Waals surface area contributed by atoms with Crippen LogP contribution in [0.25, 0.3) is 0 Å². The van der Waals surface area contributed by atoms with Gasteiger partial charge in [-0.15, -0.1) is 0 Å². The van der Waals surface area contributed by atoms with Crippen molar-refractivity contribution >= 4 is 11.8 Å². The molecule has 1 aromatic carbocycles. The lowest BCUT2D eigenvalue weighted by molar-refractivity contribution is -0.136. The maximum absolute atomic E-state index is 13.0. The highest BCUT2D eigenvalue weighted by Gasteiger charge is 2.38. The third-order valence-electron chi connectivity index (χ3n) is 6.06. The number of nitrogens with zero attached hydrogens (tertiary/aromatic N) is 3.